The average Bonchev–Trinajstić information content (AvgIpc) is 3.70. The van der Waals surface area contributed by atoms with E-state index in [1.54, 1.807) is 0 Å². The molecule has 166 valence electrons. The Morgan fingerprint density at radius 2 is 0.971 bits per heavy atom. The van der Waals surface area contributed by atoms with E-state index in [1.165, 1.54) is 33.4 Å². The number of hydrogen-bond donors (Lipinski definition) is 0. The summed E-state index contributed by atoms with van der Waals surface area (Å²) < 4.78 is 0. The Kier molecular flexibility index (Phi) is 4.58. The molecule has 2 aromatic carbocycles. The third-order valence-electron chi connectivity index (χ3n) is 8.41. The first-order valence-electron chi connectivity index (χ1n) is 12.7. The maximum Gasteiger partial charge on any atom is 0.185 e. The molecule has 1 fully saturated rings. The first kappa shape index (κ1) is 20.0. The van der Waals surface area contributed by atoms with Crippen LogP contribution >= 0.6 is 0 Å². The number of benzene rings is 2. The molecule has 1 heteroatoms. The van der Waals surface area contributed by atoms with Gasteiger partial charge in [0.05, 0.1) is 0 Å². The fraction of sp³-hybridized carbons (Fsp3) is 0.242. The van der Waals surface area contributed by atoms with Gasteiger partial charge in [-0.05, 0) is 59.1 Å². The highest BCUT2D eigenvalue weighted by atomic mass is 16.1. The topological polar surface area (TPSA) is 17.1 Å². The van der Waals surface area contributed by atoms with Gasteiger partial charge in [0.2, 0.25) is 0 Å². The van der Waals surface area contributed by atoms with Crippen molar-refractivity contribution in [3.05, 3.63) is 131 Å². The average molecular weight is 441 g/mol. The van der Waals surface area contributed by atoms with Crippen LogP contribution in [-0.4, -0.2) is 5.78 Å². The normalized spacial score (nSPS) is 31.4. The van der Waals surface area contributed by atoms with E-state index in [0.717, 1.165) is 36.8 Å². The van der Waals surface area contributed by atoms with E-state index in [2.05, 4.69) is 97.1 Å². The van der Waals surface area contributed by atoms with Gasteiger partial charge < -0.3 is 0 Å². The zero-order chi connectivity index (χ0) is 22.6. The van der Waals surface area contributed by atoms with Crippen LogP contribution in [0.15, 0.2) is 119 Å². The molecular formula is C33H28O. The summed E-state index contributed by atoms with van der Waals surface area (Å²) in [4.78, 5) is 13.6. The summed E-state index contributed by atoms with van der Waals surface area (Å²) in [6, 6.07) is 21.5. The molecule has 34 heavy (non-hydrogen) atoms. The van der Waals surface area contributed by atoms with E-state index in [4.69, 9.17) is 0 Å². The molecule has 0 amide bonds. The Morgan fingerprint density at radius 1 is 0.559 bits per heavy atom. The third-order valence-corrected chi connectivity index (χ3v) is 8.41. The van der Waals surface area contributed by atoms with Crippen molar-refractivity contribution in [2.24, 2.45) is 23.7 Å². The lowest BCUT2D eigenvalue weighted by atomic mass is 9.89. The number of fused-ring (bicyclic) bond motifs is 4. The molecule has 4 unspecified atom stereocenters. The van der Waals surface area contributed by atoms with Crippen molar-refractivity contribution in [3.63, 3.8) is 0 Å². The lowest BCUT2D eigenvalue weighted by Crippen LogP contribution is -2.02. The summed E-state index contributed by atoms with van der Waals surface area (Å²) in [6.45, 7) is 0. The summed E-state index contributed by atoms with van der Waals surface area (Å²) in [5.41, 5.74) is 10.2. The molecule has 0 aromatic heterocycles. The van der Waals surface area contributed by atoms with Crippen LogP contribution in [0.25, 0.3) is 11.1 Å². The molecule has 0 spiro atoms. The molecule has 4 bridgehead atoms. The molecule has 0 N–H and O–H groups in total. The predicted octanol–water partition coefficient (Wildman–Crippen LogP) is 7.52. The van der Waals surface area contributed by atoms with Gasteiger partial charge in [0, 0.05) is 34.8 Å². The second kappa shape index (κ2) is 7.81. The van der Waals surface area contributed by atoms with E-state index in [0.29, 0.717) is 23.7 Å². The van der Waals surface area contributed by atoms with Gasteiger partial charge in [0.1, 0.15) is 0 Å². The maximum absolute atomic E-state index is 13.6. The molecule has 1 nitrogen and oxygen atoms in total. The van der Waals surface area contributed by atoms with Crippen molar-refractivity contribution < 1.29 is 4.79 Å². The zero-order valence-electron chi connectivity index (χ0n) is 19.3. The largest absolute Gasteiger partial charge is 0.289 e. The monoisotopic (exact) mass is 440 g/mol. The molecule has 5 aliphatic carbocycles. The number of ketones is 1. The highest BCUT2D eigenvalue weighted by Crippen LogP contribution is 2.51. The van der Waals surface area contributed by atoms with E-state index >= 15 is 0 Å². The van der Waals surface area contributed by atoms with Gasteiger partial charge in [-0.15, -0.1) is 0 Å². The Morgan fingerprint density at radius 3 is 1.41 bits per heavy atom. The number of allylic oxidation sites excluding steroid dienone is 12. The summed E-state index contributed by atoms with van der Waals surface area (Å²) in [5, 5.41) is 0. The van der Waals surface area contributed by atoms with E-state index in [-0.39, 0.29) is 5.78 Å². The van der Waals surface area contributed by atoms with Crippen LogP contribution in [0.2, 0.25) is 0 Å². The Labute approximate surface area is 201 Å². The Balaban J connectivity index is 1.25. The zero-order valence-corrected chi connectivity index (χ0v) is 19.3. The van der Waals surface area contributed by atoms with Gasteiger partial charge in [-0.2, -0.15) is 0 Å². The van der Waals surface area contributed by atoms with Crippen molar-refractivity contribution in [1.29, 1.82) is 0 Å². The van der Waals surface area contributed by atoms with Crippen LogP contribution in [0, 0.1) is 23.7 Å². The number of Topliss-reactive ketones (excluding diaryl/α,β-unsaturated/α-hetero) is 1. The van der Waals surface area contributed by atoms with Gasteiger partial charge in [-0.25, -0.2) is 0 Å². The molecule has 0 aliphatic heterocycles. The molecule has 7 rings (SSSR count). The maximum atomic E-state index is 13.6. The number of carbonyl (C=O) groups excluding carboxylic acids is 1. The first-order chi connectivity index (χ1) is 16.8. The fourth-order valence-corrected chi connectivity index (χ4v) is 6.83. The molecule has 5 aliphatic rings. The van der Waals surface area contributed by atoms with E-state index in [9.17, 15) is 4.79 Å². The molecule has 0 saturated heterocycles. The molecular weight excluding hydrogens is 412 g/mol. The lowest BCUT2D eigenvalue weighted by molar-refractivity contribution is -0.111. The highest BCUT2D eigenvalue weighted by Gasteiger charge is 2.37. The molecule has 1 saturated carbocycles. The van der Waals surface area contributed by atoms with Crippen molar-refractivity contribution >= 4 is 16.9 Å². The van der Waals surface area contributed by atoms with Crippen molar-refractivity contribution in [2.45, 2.75) is 25.7 Å². The highest BCUT2D eigenvalue weighted by molar-refractivity contribution is 6.11. The van der Waals surface area contributed by atoms with Gasteiger partial charge in [0.15, 0.2) is 5.78 Å². The number of hydrogen-bond acceptors (Lipinski definition) is 1. The Bertz CT molecular complexity index is 1250. The van der Waals surface area contributed by atoms with E-state index in [1.807, 2.05) is 0 Å². The summed E-state index contributed by atoms with van der Waals surface area (Å²) in [7, 11) is 0. The molecule has 4 atom stereocenters. The summed E-state index contributed by atoms with van der Waals surface area (Å²) in [5.74, 6) is 2.15. The molecule has 0 heterocycles. The third kappa shape index (κ3) is 3.10. The van der Waals surface area contributed by atoms with Gasteiger partial charge in [-0.1, -0.05) is 97.1 Å². The SMILES string of the molecule is O=C1C(=CC2=C(c3ccccc3)C3C=CC2C3)CCC1=CC1=C(c2ccccc2)C2C=CC1C2. The van der Waals surface area contributed by atoms with Crippen LogP contribution in [0.5, 0.6) is 0 Å². The first-order valence-corrected chi connectivity index (χ1v) is 12.7. The molecule has 2 aromatic rings. The minimum atomic E-state index is 0.262. The minimum absolute atomic E-state index is 0.262. The standard InChI is InChI=1S/C33H28O/c34-33-27(19-29-23-11-13-25(17-23)31(29)21-7-3-1-4-8-21)15-16-28(33)20-30-24-12-14-26(18-24)32(30)22-9-5-2-6-10-22/h1-14,19-20,23-26H,15-18H2. The molecule has 0 radical (unpaired) electrons. The van der Waals surface area contributed by atoms with Crippen LogP contribution in [0.1, 0.15) is 36.8 Å². The van der Waals surface area contributed by atoms with Gasteiger partial charge >= 0.3 is 0 Å². The van der Waals surface area contributed by atoms with Crippen molar-refractivity contribution in [1.82, 2.24) is 0 Å². The second-order valence-electron chi connectivity index (χ2n) is 10.3. The smallest absolute Gasteiger partial charge is 0.185 e. The number of carbonyl (C=O) groups is 1. The van der Waals surface area contributed by atoms with Crippen molar-refractivity contribution in [2.75, 3.05) is 0 Å². The quantitative estimate of drug-likeness (QED) is 0.355. The van der Waals surface area contributed by atoms with Crippen LogP contribution in [0.3, 0.4) is 0 Å². The lowest BCUT2D eigenvalue weighted by Gasteiger charge is -2.15. The Hall–Kier alpha value is -3.45. The number of rotatable bonds is 4. The van der Waals surface area contributed by atoms with Crippen LogP contribution < -0.4 is 0 Å². The summed E-state index contributed by atoms with van der Waals surface area (Å²) >= 11 is 0. The van der Waals surface area contributed by atoms with Crippen molar-refractivity contribution in [3.8, 4) is 0 Å². The van der Waals surface area contributed by atoms with Gasteiger partial charge in [0.25, 0.3) is 0 Å². The van der Waals surface area contributed by atoms with Crippen LogP contribution in [0.4, 0.5) is 0 Å². The predicted molar refractivity (Wildman–Crippen MR) is 139 cm³/mol. The van der Waals surface area contributed by atoms with E-state index < -0.39 is 0 Å². The summed E-state index contributed by atoms with van der Waals surface area (Å²) in [6.07, 6.45) is 17.9. The second-order valence-corrected chi connectivity index (χ2v) is 10.3. The fourth-order valence-electron chi connectivity index (χ4n) is 6.83. The minimum Gasteiger partial charge on any atom is -0.289 e. The van der Waals surface area contributed by atoms with Gasteiger partial charge in [-0.3, -0.25) is 4.79 Å². The van der Waals surface area contributed by atoms with Crippen LogP contribution in [-0.2, 0) is 4.79 Å².